The molecule has 0 aliphatic carbocycles. The fourth-order valence-corrected chi connectivity index (χ4v) is 4.35. The molecule has 4 rings (SSSR count). The van der Waals surface area contributed by atoms with Crippen molar-refractivity contribution in [2.45, 2.75) is 75.1 Å². The van der Waals surface area contributed by atoms with Crippen LogP contribution in [0.1, 0.15) is 22.3 Å². The number of aryl methyl sites for hydroxylation is 2. The third-order valence-electron chi connectivity index (χ3n) is 6.88. The van der Waals surface area contributed by atoms with Gasteiger partial charge in [-0.3, -0.25) is 9.98 Å². The number of benzene rings is 2. The summed E-state index contributed by atoms with van der Waals surface area (Å²) >= 11 is 0. The number of aliphatic hydroxyl groups is 8. The Kier molecular flexibility index (Phi) is 14.1. The third-order valence-corrected chi connectivity index (χ3v) is 6.88. The Morgan fingerprint density at radius 1 is 0.628 bits per heavy atom. The van der Waals surface area contributed by atoms with Crippen molar-refractivity contribution in [1.29, 1.82) is 0 Å². The van der Waals surface area contributed by atoms with Gasteiger partial charge in [-0.2, -0.15) is 0 Å². The van der Waals surface area contributed by atoms with Crippen LogP contribution >= 0.6 is 0 Å². The van der Waals surface area contributed by atoms with Gasteiger partial charge < -0.3 is 60.5 Å². The van der Waals surface area contributed by atoms with Crippen molar-refractivity contribution in [2.24, 2.45) is 9.98 Å². The van der Waals surface area contributed by atoms with Gasteiger partial charge in [-0.25, -0.2) is 0 Å². The van der Waals surface area contributed by atoms with E-state index in [9.17, 15) is 40.9 Å². The number of aromatic hydroxyl groups is 2. The minimum Gasteiger partial charge on any atom is -0.507 e. The SMILES string of the molecule is Cc1ccc(C=N[C@H]2C(O)O[C@H](CO)[C@@H](O)[C@@H]2O)c(O)c1.Cc1ccc(C=N[C@H]2C(O)O[C@H](CO)[C@@H](O)[C@@H]2O)c(O)c1.[Ni]. The summed E-state index contributed by atoms with van der Waals surface area (Å²) in [5, 5.41) is 96.3. The molecule has 0 spiro atoms. The summed E-state index contributed by atoms with van der Waals surface area (Å²) in [6.07, 6.45) is -7.91. The van der Waals surface area contributed by atoms with Gasteiger partial charge >= 0.3 is 0 Å². The number of phenolic OH excluding ortho intramolecular Hbond substituents is 2. The van der Waals surface area contributed by atoms with Crippen molar-refractivity contribution in [2.75, 3.05) is 13.2 Å². The first-order valence-electron chi connectivity index (χ1n) is 13.1. The molecule has 0 saturated carbocycles. The zero-order valence-electron chi connectivity index (χ0n) is 23.3. The normalized spacial score (nSPS) is 32.7. The molecule has 242 valence electrons. The van der Waals surface area contributed by atoms with Crippen LogP contribution in [0.2, 0.25) is 0 Å². The number of ether oxygens (including phenoxy) is 2. The predicted molar refractivity (Wildman–Crippen MR) is 148 cm³/mol. The molecular formula is C28H38N2NiO12. The number of hydrogen-bond donors (Lipinski definition) is 10. The van der Waals surface area contributed by atoms with E-state index in [1.165, 1.54) is 12.4 Å². The summed E-state index contributed by atoms with van der Waals surface area (Å²) in [4.78, 5) is 7.95. The summed E-state index contributed by atoms with van der Waals surface area (Å²) in [6, 6.07) is 7.74. The molecule has 0 amide bonds. The van der Waals surface area contributed by atoms with Crippen molar-refractivity contribution in [3.8, 4) is 11.5 Å². The zero-order chi connectivity index (χ0) is 31.1. The number of aliphatic hydroxyl groups excluding tert-OH is 8. The fourth-order valence-electron chi connectivity index (χ4n) is 4.35. The summed E-state index contributed by atoms with van der Waals surface area (Å²) in [6.45, 7) is 2.61. The predicted octanol–water partition coefficient (Wildman–Crippen LogP) is -2.16. The van der Waals surface area contributed by atoms with E-state index < -0.39 is 74.5 Å². The van der Waals surface area contributed by atoms with Crippen LogP contribution in [0.15, 0.2) is 46.4 Å². The van der Waals surface area contributed by atoms with E-state index in [2.05, 4.69) is 9.98 Å². The number of nitrogens with zero attached hydrogens (tertiary/aromatic N) is 2. The van der Waals surface area contributed by atoms with Gasteiger partial charge in [0.25, 0.3) is 0 Å². The Hall–Kier alpha value is -2.53. The molecule has 15 heteroatoms. The Morgan fingerprint density at radius 2 is 0.977 bits per heavy atom. The van der Waals surface area contributed by atoms with Crippen LogP contribution in [0.3, 0.4) is 0 Å². The van der Waals surface area contributed by atoms with Crippen molar-refractivity contribution in [3.05, 3.63) is 58.7 Å². The van der Waals surface area contributed by atoms with Crippen molar-refractivity contribution >= 4 is 12.4 Å². The number of aliphatic imine (C=N–C) groups is 2. The molecule has 43 heavy (non-hydrogen) atoms. The summed E-state index contributed by atoms with van der Waals surface area (Å²) in [5.41, 5.74) is 2.59. The van der Waals surface area contributed by atoms with Gasteiger partial charge in [0.1, 0.15) is 60.2 Å². The van der Waals surface area contributed by atoms with Gasteiger partial charge in [0.15, 0.2) is 12.6 Å². The topological polar surface area (TPSA) is 245 Å². The molecule has 2 aliphatic heterocycles. The van der Waals surface area contributed by atoms with Gasteiger partial charge in [0.05, 0.1) is 13.2 Å². The second-order valence-corrected chi connectivity index (χ2v) is 10.1. The Morgan fingerprint density at radius 3 is 1.28 bits per heavy atom. The van der Waals surface area contributed by atoms with Crippen LogP contribution in [0, 0.1) is 13.8 Å². The van der Waals surface area contributed by atoms with Gasteiger partial charge in [-0.15, -0.1) is 0 Å². The maximum Gasteiger partial charge on any atom is 0.180 e. The summed E-state index contributed by atoms with van der Waals surface area (Å²) in [5.74, 6) is 0.0430. The minimum absolute atomic E-state index is 0. The largest absolute Gasteiger partial charge is 0.507 e. The third kappa shape index (κ3) is 9.24. The van der Waals surface area contributed by atoms with Crippen molar-refractivity contribution in [3.63, 3.8) is 0 Å². The maximum atomic E-state index is 9.92. The molecule has 10 N–H and O–H groups in total. The zero-order valence-corrected chi connectivity index (χ0v) is 24.3. The molecule has 2 aromatic rings. The van der Waals surface area contributed by atoms with E-state index in [1.807, 2.05) is 13.8 Å². The number of rotatable bonds is 6. The van der Waals surface area contributed by atoms with Gasteiger partial charge in [-0.05, 0) is 49.2 Å². The van der Waals surface area contributed by atoms with E-state index in [4.69, 9.17) is 19.7 Å². The fraction of sp³-hybridized carbons (Fsp3) is 0.500. The Bertz CT molecular complexity index is 1140. The number of phenols is 2. The van der Waals surface area contributed by atoms with E-state index in [0.29, 0.717) is 11.1 Å². The van der Waals surface area contributed by atoms with Gasteiger partial charge in [-0.1, -0.05) is 12.1 Å². The van der Waals surface area contributed by atoms with Crippen LogP contribution in [0.4, 0.5) is 0 Å². The second kappa shape index (κ2) is 16.5. The molecule has 2 unspecified atom stereocenters. The van der Waals surface area contributed by atoms with E-state index in [-0.39, 0.29) is 28.0 Å². The molecule has 2 saturated heterocycles. The molecule has 2 aliphatic rings. The van der Waals surface area contributed by atoms with Gasteiger partial charge in [0.2, 0.25) is 0 Å². The van der Waals surface area contributed by atoms with Crippen molar-refractivity contribution < 1.29 is 77.0 Å². The summed E-state index contributed by atoms with van der Waals surface area (Å²) in [7, 11) is 0. The maximum absolute atomic E-state index is 9.92. The molecule has 14 nitrogen and oxygen atoms in total. The molecular weight excluding hydrogens is 615 g/mol. The van der Waals surface area contributed by atoms with Gasteiger partial charge in [0, 0.05) is 40.0 Å². The quantitative estimate of drug-likeness (QED) is 0.118. The van der Waals surface area contributed by atoms with E-state index >= 15 is 0 Å². The van der Waals surface area contributed by atoms with Crippen LogP contribution in [-0.2, 0) is 26.0 Å². The van der Waals surface area contributed by atoms with Crippen LogP contribution < -0.4 is 0 Å². The summed E-state index contributed by atoms with van der Waals surface area (Å²) < 4.78 is 9.98. The van der Waals surface area contributed by atoms with Crippen LogP contribution in [0.5, 0.6) is 11.5 Å². The van der Waals surface area contributed by atoms with Crippen LogP contribution in [0.25, 0.3) is 0 Å². The first-order chi connectivity index (χ1) is 19.9. The first kappa shape index (κ1) is 36.7. The molecule has 2 heterocycles. The first-order valence-corrected chi connectivity index (χ1v) is 13.1. The van der Waals surface area contributed by atoms with Crippen molar-refractivity contribution in [1.82, 2.24) is 0 Å². The average Bonchev–Trinajstić information content (AvgIpc) is 2.94. The van der Waals surface area contributed by atoms with E-state index in [1.54, 1.807) is 36.4 Å². The molecule has 0 radical (unpaired) electrons. The Balaban J connectivity index is 0.000000293. The average molecular weight is 653 g/mol. The van der Waals surface area contributed by atoms with Crippen LogP contribution in [-0.4, -0.2) is 138 Å². The Labute approximate surface area is 257 Å². The minimum atomic E-state index is -1.45. The number of hydrogen-bond acceptors (Lipinski definition) is 14. The second-order valence-electron chi connectivity index (χ2n) is 10.1. The van der Waals surface area contributed by atoms with E-state index in [0.717, 1.165) is 11.1 Å². The smallest absolute Gasteiger partial charge is 0.180 e. The molecule has 10 atom stereocenters. The molecule has 2 fully saturated rings. The molecule has 0 bridgehead atoms. The standard InChI is InChI=1S/2C14H19NO6.Ni/c2*1-7-2-3-8(9(17)4-7)5-15-11-13(19)12(18)10(6-16)21-14(11)20;/h2*2-5,10-14,16-20H,6H2,1H3;/t2*10-,11-,12-,13-,14?;/m11./s1. The monoisotopic (exact) mass is 652 g/mol. The molecule has 0 aromatic heterocycles. The molecule has 2 aromatic carbocycles.